The van der Waals surface area contributed by atoms with E-state index < -0.39 is 0 Å². The van der Waals surface area contributed by atoms with Crippen molar-refractivity contribution >= 4 is 23.2 Å². The molecule has 0 aliphatic heterocycles. The van der Waals surface area contributed by atoms with Crippen LogP contribution in [0.4, 0.5) is 4.39 Å². The van der Waals surface area contributed by atoms with Gasteiger partial charge >= 0.3 is 0 Å². The van der Waals surface area contributed by atoms with Gasteiger partial charge in [0.15, 0.2) is 0 Å². The van der Waals surface area contributed by atoms with Crippen LogP contribution in [0.25, 0.3) is 0 Å². The quantitative estimate of drug-likeness (QED) is 0.253. The molecule has 2 saturated carbocycles. The standard InChI is InChI=1S/C26H33FN4O2/c1-15(28)6-10-23(29)30-24(32)11-7-16-14-22(31-33)26(2)13-12-18-17-4-3-5-21(27)19(17)8-9-20(18)25(16)26/h3-6,10,16,18,20,25,28,33H,7-9,11-14H2,1-2H3,(H2,29,30,32)/b10-6-,28-15?,31-22+/t16-,18?,20?,25?,26-/m1/s1. The van der Waals surface area contributed by atoms with E-state index in [1.165, 1.54) is 12.2 Å². The minimum Gasteiger partial charge on any atom is -0.411 e. The molecule has 4 N–H and O–H groups in total. The molecule has 0 saturated heterocycles. The van der Waals surface area contributed by atoms with Crippen molar-refractivity contribution in [2.24, 2.45) is 39.1 Å². The van der Waals surface area contributed by atoms with Gasteiger partial charge in [-0.15, -0.1) is 0 Å². The van der Waals surface area contributed by atoms with E-state index in [0.717, 1.165) is 42.5 Å². The number of carbonyl (C=O) groups excluding carboxylic acids is 1. The number of nitrogens with one attached hydrogen (secondary N) is 1. The molecule has 3 aliphatic rings. The molecule has 2 fully saturated rings. The molecule has 1 aromatic carbocycles. The van der Waals surface area contributed by atoms with Crippen LogP contribution < -0.4 is 5.73 Å². The summed E-state index contributed by atoms with van der Waals surface area (Å²) in [6.07, 6.45) is 8.08. The maximum Gasteiger partial charge on any atom is 0.247 e. The monoisotopic (exact) mass is 452 g/mol. The van der Waals surface area contributed by atoms with Gasteiger partial charge in [-0.1, -0.05) is 24.2 Å². The van der Waals surface area contributed by atoms with E-state index in [4.69, 9.17) is 11.1 Å². The molecule has 7 heteroatoms. The van der Waals surface area contributed by atoms with Crippen molar-refractivity contribution in [1.29, 1.82) is 5.41 Å². The second-order valence-electron chi connectivity index (χ2n) is 10.1. The maximum absolute atomic E-state index is 14.5. The smallest absolute Gasteiger partial charge is 0.247 e. The van der Waals surface area contributed by atoms with Crippen molar-refractivity contribution in [3.63, 3.8) is 0 Å². The zero-order valence-electron chi connectivity index (χ0n) is 19.4. The molecule has 1 amide bonds. The van der Waals surface area contributed by atoms with E-state index >= 15 is 0 Å². The molecule has 0 heterocycles. The highest BCUT2D eigenvalue weighted by atomic mass is 19.1. The van der Waals surface area contributed by atoms with Gasteiger partial charge in [0.25, 0.3) is 0 Å². The topological polar surface area (TPSA) is 112 Å². The number of amides is 1. The van der Waals surface area contributed by atoms with Crippen LogP contribution in [0.3, 0.4) is 0 Å². The van der Waals surface area contributed by atoms with Crippen molar-refractivity contribution < 1.29 is 14.4 Å². The molecular weight excluding hydrogens is 419 g/mol. The van der Waals surface area contributed by atoms with Crippen molar-refractivity contribution in [1.82, 2.24) is 0 Å². The number of rotatable bonds is 5. The Morgan fingerprint density at radius 3 is 2.88 bits per heavy atom. The minimum absolute atomic E-state index is 0.101. The Kier molecular flexibility index (Phi) is 6.50. The zero-order chi connectivity index (χ0) is 23.8. The van der Waals surface area contributed by atoms with Gasteiger partial charge in [-0.05, 0) is 98.5 Å². The number of benzene rings is 1. The summed E-state index contributed by atoms with van der Waals surface area (Å²) in [5, 5.41) is 20.9. The van der Waals surface area contributed by atoms with E-state index in [0.29, 0.717) is 30.4 Å². The second kappa shape index (κ2) is 9.20. The van der Waals surface area contributed by atoms with E-state index in [1.54, 1.807) is 13.0 Å². The van der Waals surface area contributed by atoms with Gasteiger partial charge in [0, 0.05) is 17.5 Å². The van der Waals surface area contributed by atoms with E-state index in [9.17, 15) is 14.4 Å². The van der Waals surface area contributed by atoms with Crippen LogP contribution in [0.5, 0.6) is 0 Å². The number of amidine groups is 1. The fourth-order valence-electron chi connectivity index (χ4n) is 6.83. The van der Waals surface area contributed by atoms with Gasteiger partial charge < -0.3 is 16.4 Å². The predicted molar refractivity (Wildman–Crippen MR) is 128 cm³/mol. The summed E-state index contributed by atoms with van der Waals surface area (Å²) in [6.45, 7) is 3.82. The highest BCUT2D eigenvalue weighted by molar-refractivity contribution is 6.04. The summed E-state index contributed by atoms with van der Waals surface area (Å²) in [5.41, 5.74) is 8.77. The number of carbonyl (C=O) groups is 1. The van der Waals surface area contributed by atoms with Crippen LogP contribution in [0.15, 0.2) is 40.5 Å². The highest BCUT2D eigenvalue weighted by Crippen LogP contribution is 2.62. The summed E-state index contributed by atoms with van der Waals surface area (Å²) in [6, 6.07) is 5.44. The Bertz CT molecular complexity index is 1050. The van der Waals surface area contributed by atoms with Crippen LogP contribution >= 0.6 is 0 Å². The van der Waals surface area contributed by atoms with Gasteiger partial charge in [0.05, 0.1) is 5.71 Å². The summed E-state index contributed by atoms with van der Waals surface area (Å²) in [4.78, 5) is 16.4. The number of aliphatic imine (C=N–C) groups is 1. The number of allylic oxidation sites excluding steroid dienone is 1. The molecule has 1 aromatic rings. The first kappa shape index (κ1) is 23.3. The molecule has 33 heavy (non-hydrogen) atoms. The van der Waals surface area contributed by atoms with Crippen molar-refractivity contribution in [3.05, 3.63) is 47.3 Å². The molecule has 176 valence electrons. The first-order valence-electron chi connectivity index (χ1n) is 11.8. The third-order valence-corrected chi connectivity index (χ3v) is 8.20. The van der Waals surface area contributed by atoms with Crippen molar-refractivity contribution in [3.8, 4) is 0 Å². The molecule has 5 atom stereocenters. The van der Waals surface area contributed by atoms with Crippen LogP contribution in [-0.2, 0) is 11.2 Å². The van der Waals surface area contributed by atoms with Gasteiger partial charge in [-0.3, -0.25) is 4.79 Å². The molecule has 3 unspecified atom stereocenters. The number of hydrogen-bond donors (Lipinski definition) is 3. The lowest BCUT2D eigenvalue weighted by atomic mass is 9.54. The summed E-state index contributed by atoms with van der Waals surface area (Å²) in [7, 11) is 0. The lowest BCUT2D eigenvalue weighted by Crippen LogP contribution is -2.44. The predicted octanol–water partition coefficient (Wildman–Crippen LogP) is 5.00. The minimum atomic E-state index is -0.278. The van der Waals surface area contributed by atoms with Gasteiger partial charge in [-0.25, -0.2) is 4.39 Å². The molecule has 6 nitrogen and oxygen atoms in total. The lowest BCUT2D eigenvalue weighted by molar-refractivity contribution is -0.118. The Balaban J connectivity index is 1.54. The van der Waals surface area contributed by atoms with Crippen LogP contribution in [0.2, 0.25) is 0 Å². The average Bonchev–Trinajstić information content (AvgIpc) is 3.08. The fourth-order valence-corrected chi connectivity index (χ4v) is 6.83. The maximum atomic E-state index is 14.5. The van der Waals surface area contributed by atoms with Gasteiger partial charge in [0.1, 0.15) is 11.7 Å². The number of oxime groups is 1. The Labute approximate surface area is 194 Å². The van der Waals surface area contributed by atoms with E-state index in [2.05, 4.69) is 23.1 Å². The normalized spacial score (nSPS) is 32.5. The molecular formula is C26H33FN4O2. The number of hydrogen-bond acceptors (Lipinski definition) is 4. The SMILES string of the molecule is CC(=N)/C=C\C(N)=NC(=O)CC[C@@H]1C/C(=N\O)[C@@]2(C)CCC3c4cccc(F)c4CCC3C12. The molecule has 3 aliphatic carbocycles. The third-order valence-electron chi connectivity index (χ3n) is 8.20. The molecule has 0 spiro atoms. The Hall–Kier alpha value is -2.83. The van der Waals surface area contributed by atoms with E-state index in [1.807, 2.05) is 6.07 Å². The third kappa shape index (κ3) is 4.37. The zero-order valence-corrected chi connectivity index (χ0v) is 19.4. The fraction of sp³-hybridized carbons (Fsp3) is 0.538. The summed E-state index contributed by atoms with van der Waals surface area (Å²) < 4.78 is 14.5. The van der Waals surface area contributed by atoms with Crippen LogP contribution in [0.1, 0.15) is 69.4 Å². The van der Waals surface area contributed by atoms with Gasteiger partial charge in [-0.2, -0.15) is 4.99 Å². The largest absolute Gasteiger partial charge is 0.411 e. The van der Waals surface area contributed by atoms with Crippen molar-refractivity contribution in [2.45, 2.75) is 64.7 Å². The van der Waals surface area contributed by atoms with E-state index in [-0.39, 0.29) is 41.2 Å². The first-order valence-corrected chi connectivity index (χ1v) is 11.8. The summed E-state index contributed by atoms with van der Waals surface area (Å²) >= 11 is 0. The number of nitrogens with two attached hydrogens (primary N) is 1. The van der Waals surface area contributed by atoms with Crippen molar-refractivity contribution in [2.75, 3.05) is 0 Å². The van der Waals surface area contributed by atoms with Gasteiger partial charge in [0.2, 0.25) is 5.91 Å². The Morgan fingerprint density at radius 2 is 2.15 bits per heavy atom. The lowest BCUT2D eigenvalue weighted by Gasteiger charge is -2.50. The Morgan fingerprint density at radius 1 is 1.36 bits per heavy atom. The molecule has 0 bridgehead atoms. The second-order valence-corrected chi connectivity index (χ2v) is 10.1. The average molecular weight is 453 g/mol. The summed E-state index contributed by atoms with van der Waals surface area (Å²) in [5.74, 6) is 0.902. The molecule has 4 rings (SSSR count). The first-order chi connectivity index (χ1) is 15.7. The highest BCUT2D eigenvalue weighted by Gasteiger charge is 2.57. The molecule has 0 aromatic heterocycles. The van der Waals surface area contributed by atoms with Crippen LogP contribution in [-0.4, -0.2) is 28.4 Å². The number of nitrogens with zero attached hydrogens (tertiary/aromatic N) is 2. The number of fused-ring (bicyclic) bond motifs is 5. The number of halogens is 1. The molecule has 0 radical (unpaired) electrons. The van der Waals surface area contributed by atoms with Crippen LogP contribution in [0, 0.1) is 34.4 Å².